The van der Waals surface area contributed by atoms with Gasteiger partial charge in [-0.25, -0.2) is 9.83 Å². The first-order chi connectivity index (χ1) is 16.2. The Hall–Kier alpha value is -3.68. The SMILES string of the molecule is [C-]#[N+]c1ccc2ncn(-c3nc(N4CCOCC4)c4c(n3)N(C3CCOCC3)C(=C)N4)c2c1. The molecule has 0 unspecified atom stereocenters. The van der Waals surface area contributed by atoms with Gasteiger partial charge >= 0.3 is 0 Å². The van der Waals surface area contributed by atoms with Crippen molar-refractivity contribution in [2.75, 3.05) is 54.6 Å². The van der Waals surface area contributed by atoms with E-state index in [1.165, 1.54) is 0 Å². The lowest BCUT2D eigenvalue weighted by Gasteiger charge is -2.32. The molecule has 5 heterocycles. The third kappa shape index (κ3) is 3.37. The number of ether oxygens (including phenoxy) is 2. The number of aromatic nitrogens is 4. The van der Waals surface area contributed by atoms with Gasteiger partial charge in [0.25, 0.3) is 0 Å². The molecule has 168 valence electrons. The molecule has 2 fully saturated rings. The Balaban J connectivity index is 1.52. The standard InChI is InChI=1S/C23H24N8O2/c1-15-26-20-21(29-7-11-33-12-8-29)27-23(28-22(20)31(15)17-5-9-32-10-6-17)30-14-25-18-4-3-16(24-2)13-19(18)30/h3-4,13-14,17,26H,1,5-12H2. The Labute approximate surface area is 191 Å². The summed E-state index contributed by atoms with van der Waals surface area (Å²) in [7, 11) is 0. The molecule has 1 aromatic carbocycles. The highest BCUT2D eigenvalue weighted by Gasteiger charge is 2.36. The van der Waals surface area contributed by atoms with E-state index in [-0.39, 0.29) is 6.04 Å². The van der Waals surface area contributed by atoms with Gasteiger partial charge in [0.1, 0.15) is 17.8 Å². The number of rotatable bonds is 3. The molecule has 0 aliphatic carbocycles. The van der Waals surface area contributed by atoms with Crippen LogP contribution in [0.4, 0.5) is 23.0 Å². The monoisotopic (exact) mass is 444 g/mol. The third-order valence-corrected chi connectivity index (χ3v) is 6.39. The molecule has 0 saturated carbocycles. The first kappa shape index (κ1) is 20.0. The van der Waals surface area contributed by atoms with E-state index in [0.717, 1.165) is 73.3 Å². The van der Waals surface area contributed by atoms with Crippen LogP contribution in [0.3, 0.4) is 0 Å². The first-order valence-corrected chi connectivity index (χ1v) is 11.2. The zero-order valence-electron chi connectivity index (χ0n) is 18.2. The van der Waals surface area contributed by atoms with E-state index in [9.17, 15) is 0 Å². The summed E-state index contributed by atoms with van der Waals surface area (Å²) in [5.74, 6) is 2.98. The highest BCUT2D eigenvalue weighted by atomic mass is 16.5. The van der Waals surface area contributed by atoms with Crippen molar-refractivity contribution < 1.29 is 9.47 Å². The minimum atomic E-state index is 0.258. The van der Waals surface area contributed by atoms with Gasteiger partial charge < -0.3 is 24.6 Å². The summed E-state index contributed by atoms with van der Waals surface area (Å²) in [5.41, 5.74) is 3.03. The molecule has 33 heavy (non-hydrogen) atoms. The topological polar surface area (TPSA) is 84.9 Å². The molecule has 0 atom stereocenters. The van der Waals surface area contributed by atoms with E-state index < -0.39 is 0 Å². The number of fused-ring (bicyclic) bond motifs is 2. The summed E-state index contributed by atoms with van der Waals surface area (Å²) in [6.07, 6.45) is 3.54. The fraction of sp³-hybridized carbons (Fsp3) is 0.391. The van der Waals surface area contributed by atoms with Crippen molar-refractivity contribution in [3.8, 4) is 5.95 Å². The van der Waals surface area contributed by atoms with Crippen LogP contribution in [-0.2, 0) is 9.47 Å². The maximum Gasteiger partial charge on any atom is 0.239 e. The van der Waals surface area contributed by atoms with E-state index >= 15 is 0 Å². The van der Waals surface area contributed by atoms with E-state index in [1.807, 2.05) is 16.7 Å². The van der Waals surface area contributed by atoms with Gasteiger partial charge in [0.2, 0.25) is 5.95 Å². The second kappa shape index (κ2) is 8.03. The van der Waals surface area contributed by atoms with Gasteiger partial charge in [0.15, 0.2) is 17.3 Å². The Morgan fingerprint density at radius 1 is 1.06 bits per heavy atom. The molecular formula is C23H24N8O2. The average molecular weight is 444 g/mol. The number of morpholine rings is 1. The molecule has 10 nitrogen and oxygen atoms in total. The van der Waals surface area contributed by atoms with Gasteiger partial charge in [-0.1, -0.05) is 12.6 Å². The third-order valence-electron chi connectivity index (χ3n) is 6.39. The fourth-order valence-electron chi connectivity index (χ4n) is 4.72. The first-order valence-electron chi connectivity index (χ1n) is 11.2. The molecule has 2 aromatic heterocycles. The molecule has 2 saturated heterocycles. The molecular weight excluding hydrogens is 420 g/mol. The van der Waals surface area contributed by atoms with Crippen molar-refractivity contribution in [3.63, 3.8) is 0 Å². The summed E-state index contributed by atoms with van der Waals surface area (Å²) in [4.78, 5) is 22.5. The van der Waals surface area contributed by atoms with Crippen LogP contribution in [0.5, 0.6) is 0 Å². The number of hydrogen-bond donors (Lipinski definition) is 1. The lowest BCUT2D eigenvalue weighted by Crippen LogP contribution is -2.38. The smallest absolute Gasteiger partial charge is 0.239 e. The summed E-state index contributed by atoms with van der Waals surface area (Å²) >= 11 is 0. The van der Waals surface area contributed by atoms with Crippen LogP contribution in [0, 0.1) is 6.57 Å². The predicted molar refractivity (Wildman–Crippen MR) is 125 cm³/mol. The zero-order chi connectivity index (χ0) is 22.4. The summed E-state index contributed by atoms with van der Waals surface area (Å²) in [5, 5.41) is 3.46. The van der Waals surface area contributed by atoms with Crippen LogP contribution in [0.2, 0.25) is 0 Å². The molecule has 3 aliphatic heterocycles. The second-order valence-corrected chi connectivity index (χ2v) is 8.33. The number of hydrogen-bond acceptors (Lipinski definition) is 8. The van der Waals surface area contributed by atoms with Gasteiger partial charge in [-0.15, -0.1) is 0 Å². The minimum absolute atomic E-state index is 0.258. The number of nitrogens with zero attached hydrogens (tertiary/aromatic N) is 7. The molecule has 10 heteroatoms. The molecule has 0 bridgehead atoms. The molecule has 1 N–H and O–H groups in total. The van der Waals surface area contributed by atoms with Crippen LogP contribution >= 0.6 is 0 Å². The Kier molecular flexibility index (Phi) is 4.86. The van der Waals surface area contributed by atoms with Gasteiger partial charge in [-0.05, 0) is 25.0 Å². The van der Waals surface area contributed by atoms with Gasteiger partial charge in [0, 0.05) is 32.3 Å². The van der Waals surface area contributed by atoms with Gasteiger partial charge in [0.05, 0.1) is 30.8 Å². The van der Waals surface area contributed by atoms with Gasteiger partial charge in [-0.2, -0.15) is 9.97 Å². The summed E-state index contributed by atoms with van der Waals surface area (Å²) in [6, 6.07) is 5.71. The van der Waals surface area contributed by atoms with Crippen LogP contribution in [0.15, 0.2) is 36.9 Å². The number of benzene rings is 1. The van der Waals surface area contributed by atoms with Crippen molar-refractivity contribution in [2.45, 2.75) is 18.9 Å². The number of imidazole rings is 1. The van der Waals surface area contributed by atoms with Crippen molar-refractivity contribution in [3.05, 3.63) is 48.3 Å². The van der Waals surface area contributed by atoms with Crippen molar-refractivity contribution in [1.82, 2.24) is 19.5 Å². The van der Waals surface area contributed by atoms with Crippen molar-refractivity contribution in [1.29, 1.82) is 0 Å². The van der Waals surface area contributed by atoms with E-state index in [4.69, 9.17) is 26.0 Å². The molecule has 0 spiro atoms. The van der Waals surface area contributed by atoms with E-state index in [0.29, 0.717) is 24.8 Å². The maximum atomic E-state index is 7.39. The lowest BCUT2D eigenvalue weighted by molar-refractivity contribution is 0.0859. The van der Waals surface area contributed by atoms with Crippen molar-refractivity contribution in [2.24, 2.45) is 0 Å². The Morgan fingerprint density at radius 2 is 1.82 bits per heavy atom. The summed E-state index contributed by atoms with van der Waals surface area (Å²) in [6.45, 7) is 15.9. The fourth-order valence-corrected chi connectivity index (χ4v) is 4.72. The molecule has 6 rings (SSSR count). The Bertz CT molecular complexity index is 1270. The second-order valence-electron chi connectivity index (χ2n) is 8.33. The maximum absolute atomic E-state index is 7.39. The molecule has 0 radical (unpaired) electrons. The summed E-state index contributed by atoms with van der Waals surface area (Å²) < 4.78 is 13.0. The normalized spacial score (nSPS) is 18.9. The Morgan fingerprint density at radius 3 is 2.61 bits per heavy atom. The largest absolute Gasteiger partial charge is 0.381 e. The predicted octanol–water partition coefficient (Wildman–Crippen LogP) is 3.08. The molecule has 3 aliphatic rings. The highest BCUT2D eigenvalue weighted by Crippen LogP contribution is 2.43. The van der Waals surface area contributed by atoms with Gasteiger partial charge in [-0.3, -0.25) is 4.57 Å². The van der Waals surface area contributed by atoms with Crippen LogP contribution < -0.4 is 15.1 Å². The average Bonchev–Trinajstić information content (AvgIpc) is 3.44. The van der Waals surface area contributed by atoms with Crippen LogP contribution in [0.1, 0.15) is 12.8 Å². The zero-order valence-corrected chi connectivity index (χ0v) is 18.2. The highest BCUT2D eigenvalue weighted by molar-refractivity contribution is 5.88. The van der Waals surface area contributed by atoms with Crippen LogP contribution in [0.25, 0.3) is 21.8 Å². The minimum Gasteiger partial charge on any atom is -0.381 e. The molecule has 3 aromatic rings. The number of nitrogens with one attached hydrogen (secondary N) is 1. The molecule has 0 amide bonds. The number of anilines is 3. The van der Waals surface area contributed by atoms with E-state index in [1.54, 1.807) is 12.4 Å². The van der Waals surface area contributed by atoms with E-state index in [2.05, 4.69) is 31.5 Å². The van der Waals surface area contributed by atoms with Crippen molar-refractivity contribution >= 4 is 34.0 Å². The quantitative estimate of drug-likeness (QED) is 0.617. The lowest BCUT2D eigenvalue weighted by atomic mass is 10.1. The van der Waals surface area contributed by atoms with Crippen LogP contribution in [-0.4, -0.2) is 65.1 Å².